The first kappa shape index (κ1) is 13.5. The number of carbonyl (C=O) groups excluding carboxylic acids is 1. The van der Waals surface area contributed by atoms with Gasteiger partial charge in [0.1, 0.15) is 0 Å². The van der Waals surface area contributed by atoms with Crippen molar-refractivity contribution in [2.75, 3.05) is 17.0 Å². The Balaban J connectivity index is 2.20. The first-order valence-corrected chi connectivity index (χ1v) is 6.98. The minimum atomic E-state index is -0.188. The Morgan fingerprint density at radius 1 is 1.16 bits per heavy atom. The quantitative estimate of drug-likeness (QED) is 0.455. The van der Waals surface area contributed by atoms with Crippen LogP contribution in [0.4, 0.5) is 11.4 Å². The molecule has 2 rings (SSSR count). The Kier molecular flexibility index (Phi) is 4.43. The molecule has 0 saturated heterocycles. The molecule has 0 fully saturated rings. The van der Waals surface area contributed by atoms with Crippen molar-refractivity contribution in [3.63, 3.8) is 0 Å². The van der Waals surface area contributed by atoms with Crippen molar-refractivity contribution in [3.8, 4) is 0 Å². The zero-order valence-electron chi connectivity index (χ0n) is 10.5. The van der Waals surface area contributed by atoms with E-state index in [9.17, 15) is 4.79 Å². The molecule has 2 aromatic rings. The molecule has 0 spiro atoms. The Bertz CT molecular complexity index is 586. The minimum Gasteiger partial charge on any atom is -0.323 e. The average Bonchev–Trinajstić information content (AvgIpc) is 2.47. The molecule has 0 atom stereocenters. The van der Waals surface area contributed by atoms with Gasteiger partial charge < -0.3 is 10.7 Å². The molecular formula is C14H15N3OS. The summed E-state index contributed by atoms with van der Waals surface area (Å²) < 4.78 is 0. The lowest BCUT2D eigenvalue weighted by atomic mass is 10.1. The van der Waals surface area contributed by atoms with Crippen LogP contribution in [0.15, 0.2) is 53.4 Å². The van der Waals surface area contributed by atoms with Gasteiger partial charge >= 0.3 is 0 Å². The number of amides is 1. The summed E-state index contributed by atoms with van der Waals surface area (Å²) in [6.07, 6.45) is 1.99. The maximum Gasteiger partial charge on any atom is 0.257 e. The number of rotatable bonds is 4. The second-order valence-corrected chi connectivity index (χ2v) is 4.76. The number of anilines is 2. The molecule has 0 aliphatic carbocycles. The van der Waals surface area contributed by atoms with Gasteiger partial charge in [0.2, 0.25) is 0 Å². The normalized spacial score (nSPS) is 10.0. The molecule has 1 amide bonds. The van der Waals surface area contributed by atoms with Crippen LogP contribution < -0.4 is 16.6 Å². The molecule has 0 radical (unpaired) electrons. The molecule has 4 nitrogen and oxygen atoms in total. The Morgan fingerprint density at radius 3 is 2.68 bits per heavy atom. The van der Waals surface area contributed by atoms with Gasteiger partial charge in [-0.3, -0.25) is 10.6 Å². The van der Waals surface area contributed by atoms with Crippen LogP contribution >= 0.6 is 11.8 Å². The second kappa shape index (κ2) is 6.26. The van der Waals surface area contributed by atoms with Crippen LogP contribution in [0.5, 0.6) is 0 Å². The van der Waals surface area contributed by atoms with E-state index in [0.717, 1.165) is 10.6 Å². The van der Waals surface area contributed by atoms with E-state index in [1.807, 2.05) is 36.6 Å². The van der Waals surface area contributed by atoms with Gasteiger partial charge in [0.05, 0.1) is 11.3 Å². The van der Waals surface area contributed by atoms with Crippen molar-refractivity contribution in [1.29, 1.82) is 0 Å². The largest absolute Gasteiger partial charge is 0.323 e. The fourth-order valence-corrected chi connectivity index (χ4v) is 2.17. The molecule has 98 valence electrons. The van der Waals surface area contributed by atoms with E-state index in [4.69, 9.17) is 5.84 Å². The summed E-state index contributed by atoms with van der Waals surface area (Å²) in [5.41, 5.74) is 4.40. The molecule has 2 aromatic carbocycles. The van der Waals surface area contributed by atoms with Crippen molar-refractivity contribution >= 4 is 29.0 Å². The third-order valence-electron chi connectivity index (χ3n) is 2.65. The molecular weight excluding hydrogens is 258 g/mol. The average molecular weight is 273 g/mol. The van der Waals surface area contributed by atoms with Crippen molar-refractivity contribution in [3.05, 3.63) is 54.1 Å². The van der Waals surface area contributed by atoms with E-state index in [2.05, 4.69) is 10.7 Å². The fraction of sp³-hybridized carbons (Fsp3) is 0.0714. The number of hydrogen-bond donors (Lipinski definition) is 3. The monoisotopic (exact) mass is 273 g/mol. The van der Waals surface area contributed by atoms with Crippen LogP contribution in [0, 0.1) is 0 Å². The van der Waals surface area contributed by atoms with Crippen LogP contribution in [0.2, 0.25) is 0 Å². The van der Waals surface area contributed by atoms with Gasteiger partial charge in [0.25, 0.3) is 5.91 Å². The van der Waals surface area contributed by atoms with Crippen molar-refractivity contribution in [1.82, 2.24) is 0 Å². The van der Waals surface area contributed by atoms with E-state index < -0.39 is 0 Å². The van der Waals surface area contributed by atoms with Crippen LogP contribution in [-0.4, -0.2) is 12.2 Å². The zero-order chi connectivity index (χ0) is 13.7. The van der Waals surface area contributed by atoms with Gasteiger partial charge in [-0.25, -0.2) is 0 Å². The maximum absolute atomic E-state index is 12.2. The molecule has 0 aliphatic heterocycles. The van der Waals surface area contributed by atoms with Gasteiger partial charge in [-0.2, -0.15) is 0 Å². The minimum absolute atomic E-state index is 0.188. The standard InChI is InChI=1S/C14H15N3OS/c1-19-11-6-4-5-10(9-11)16-14(18)12-7-2-3-8-13(12)17-15/h2-9,17H,15H2,1H3,(H,16,18). The molecule has 0 saturated carbocycles. The highest BCUT2D eigenvalue weighted by Crippen LogP contribution is 2.21. The molecule has 0 heterocycles. The summed E-state index contributed by atoms with van der Waals surface area (Å²) >= 11 is 1.63. The van der Waals surface area contributed by atoms with E-state index >= 15 is 0 Å². The highest BCUT2D eigenvalue weighted by molar-refractivity contribution is 7.98. The summed E-state index contributed by atoms with van der Waals surface area (Å²) in [5.74, 6) is 5.21. The van der Waals surface area contributed by atoms with Crippen molar-refractivity contribution < 1.29 is 4.79 Å². The van der Waals surface area contributed by atoms with E-state index in [1.54, 1.807) is 30.0 Å². The van der Waals surface area contributed by atoms with Crippen LogP contribution in [-0.2, 0) is 0 Å². The number of nitrogens with one attached hydrogen (secondary N) is 2. The van der Waals surface area contributed by atoms with E-state index in [1.165, 1.54) is 0 Å². The van der Waals surface area contributed by atoms with Gasteiger partial charge in [0, 0.05) is 10.6 Å². The first-order valence-electron chi connectivity index (χ1n) is 5.75. The highest BCUT2D eigenvalue weighted by Gasteiger charge is 2.10. The number of thioether (sulfide) groups is 1. The lowest BCUT2D eigenvalue weighted by Crippen LogP contribution is -2.17. The van der Waals surface area contributed by atoms with Gasteiger partial charge in [-0.1, -0.05) is 18.2 Å². The summed E-state index contributed by atoms with van der Waals surface area (Å²) in [4.78, 5) is 13.3. The van der Waals surface area contributed by atoms with E-state index in [0.29, 0.717) is 11.3 Å². The molecule has 4 N–H and O–H groups in total. The number of hydrazine groups is 1. The molecule has 0 unspecified atom stereocenters. The Labute approximate surface area is 116 Å². The molecule has 0 aliphatic rings. The Hall–Kier alpha value is -1.98. The van der Waals surface area contributed by atoms with E-state index in [-0.39, 0.29) is 5.91 Å². The third-order valence-corrected chi connectivity index (χ3v) is 3.38. The lowest BCUT2D eigenvalue weighted by molar-refractivity contribution is 0.102. The SMILES string of the molecule is CSc1cccc(NC(=O)c2ccccc2NN)c1. The number of nitrogens with two attached hydrogens (primary N) is 1. The van der Waals surface area contributed by atoms with Crippen LogP contribution in [0.1, 0.15) is 10.4 Å². The van der Waals surface area contributed by atoms with Crippen LogP contribution in [0.25, 0.3) is 0 Å². The first-order chi connectivity index (χ1) is 9.24. The van der Waals surface area contributed by atoms with Crippen LogP contribution in [0.3, 0.4) is 0 Å². The summed E-state index contributed by atoms with van der Waals surface area (Å²) in [6, 6.07) is 14.8. The van der Waals surface area contributed by atoms with Gasteiger partial charge in [0.15, 0.2) is 0 Å². The smallest absolute Gasteiger partial charge is 0.257 e. The Morgan fingerprint density at radius 2 is 1.95 bits per heavy atom. The topological polar surface area (TPSA) is 67.2 Å². The second-order valence-electron chi connectivity index (χ2n) is 3.88. The number of para-hydroxylation sites is 1. The predicted octanol–water partition coefficient (Wildman–Crippen LogP) is 2.95. The lowest BCUT2D eigenvalue weighted by Gasteiger charge is -2.10. The van der Waals surface area contributed by atoms with Crippen molar-refractivity contribution in [2.45, 2.75) is 4.90 Å². The molecule has 0 bridgehead atoms. The number of benzene rings is 2. The summed E-state index contributed by atoms with van der Waals surface area (Å²) in [5, 5.41) is 2.86. The predicted molar refractivity (Wildman–Crippen MR) is 80.4 cm³/mol. The van der Waals surface area contributed by atoms with Gasteiger partial charge in [-0.05, 0) is 36.6 Å². The fourth-order valence-electron chi connectivity index (χ4n) is 1.71. The molecule has 19 heavy (non-hydrogen) atoms. The maximum atomic E-state index is 12.2. The third kappa shape index (κ3) is 3.27. The number of carbonyl (C=O) groups is 1. The zero-order valence-corrected chi connectivity index (χ0v) is 11.3. The number of nitrogen functional groups attached to an aromatic ring is 1. The van der Waals surface area contributed by atoms with Crippen molar-refractivity contribution in [2.24, 2.45) is 5.84 Å². The van der Waals surface area contributed by atoms with Gasteiger partial charge in [-0.15, -0.1) is 11.8 Å². The summed E-state index contributed by atoms with van der Waals surface area (Å²) in [7, 11) is 0. The molecule has 5 heteroatoms. The molecule has 0 aromatic heterocycles. The summed E-state index contributed by atoms with van der Waals surface area (Å²) in [6.45, 7) is 0. The highest BCUT2D eigenvalue weighted by atomic mass is 32.2. The number of hydrogen-bond acceptors (Lipinski definition) is 4.